The smallest absolute Gasteiger partial charge is 0.276 e. The third-order valence-electron chi connectivity index (χ3n) is 3.61. The van der Waals surface area contributed by atoms with Crippen LogP contribution < -0.4 is 10.2 Å². The minimum Gasteiger partial charge on any atom is -0.378 e. The first-order valence-corrected chi connectivity index (χ1v) is 7.27. The Morgan fingerprint density at radius 2 is 1.91 bits per heavy atom. The Bertz CT molecular complexity index is 651. The second-order valence-corrected chi connectivity index (χ2v) is 5.15. The van der Waals surface area contributed by atoms with Gasteiger partial charge in [0.25, 0.3) is 5.91 Å². The lowest BCUT2D eigenvalue weighted by Gasteiger charge is -2.27. The van der Waals surface area contributed by atoms with Gasteiger partial charge in [0.05, 0.1) is 13.2 Å². The summed E-state index contributed by atoms with van der Waals surface area (Å²) in [5, 5.41) is 11.0. The van der Waals surface area contributed by atoms with Gasteiger partial charge in [-0.25, -0.2) is 0 Å². The molecule has 2 heterocycles. The number of carbonyl (C=O) groups excluding carboxylic acids is 1. The summed E-state index contributed by atoms with van der Waals surface area (Å²) in [7, 11) is 0. The highest BCUT2D eigenvalue weighted by molar-refractivity contribution is 6.03. The highest BCUT2D eigenvalue weighted by Crippen LogP contribution is 2.15. The molecule has 1 aromatic heterocycles. The van der Waals surface area contributed by atoms with E-state index in [1.54, 1.807) is 6.07 Å². The lowest BCUT2D eigenvalue weighted by Crippen LogP contribution is -2.37. The Morgan fingerprint density at radius 1 is 1.14 bits per heavy atom. The maximum atomic E-state index is 12.2. The number of carbonyl (C=O) groups is 1. The van der Waals surface area contributed by atoms with E-state index in [1.807, 2.05) is 37.3 Å². The van der Waals surface area contributed by atoms with Crippen molar-refractivity contribution in [2.75, 3.05) is 36.5 Å². The molecule has 0 unspecified atom stereocenters. The summed E-state index contributed by atoms with van der Waals surface area (Å²) in [4.78, 5) is 14.3. The molecule has 1 saturated heterocycles. The molecule has 1 fully saturated rings. The molecule has 114 valence electrons. The normalized spacial score (nSPS) is 14.7. The van der Waals surface area contributed by atoms with Crippen LogP contribution >= 0.6 is 0 Å². The maximum Gasteiger partial charge on any atom is 0.276 e. The predicted molar refractivity (Wildman–Crippen MR) is 84.2 cm³/mol. The molecule has 0 bridgehead atoms. The van der Waals surface area contributed by atoms with Gasteiger partial charge in [0, 0.05) is 18.8 Å². The number of hydrogen-bond donors (Lipinski definition) is 1. The van der Waals surface area contributed by atoms with E-state index in [1.165, 1.54) is 0 Å². The molecule has 3 rings (SSSR count). The third-order valence-corrected chi connectivity index (χ3v) is 3.61. The van der Waals surface area contributed by atoms with E-state index in [2.05, 4.69) is 20.4 Å². The molecule has 6 nitrogen and oxygen atoms in total. The number of aryl methyl sites for hydroxylation is 1. The minimum atomic E-state index is -0.254. The molecule has 1 aromatic carbocycles. The highest BCUT2D eigenvalue weighted by Gasteiger charge is 2.14. The third kappa shape index (κ3) is 3.23. The Hall–Kier alpha value is -2.47. The highest BCUT2D eigenvalue weighted by atomic mass is 16.5. The van der Waals surface area contributed by atoms with Crippen LogP contribution in [-0.2, 0) is 4.74 Å². The standard InChI is InChI=1S/C16H18N4O2/c1-12-4-2-3-5-13(12)17-16(21)14-6-7-15(19-18-14)20-8-10-22-11-9-20/h2-7H,8-11H2,1H3,(H,17,21). The molecule has 0 saturated carbocycles. The lowest BCUT2D eigenvalue weighted by molar-refractivity contribution is 0.102. The molecule has 6 heteroatoms. The maximum absolute atomic E-state index is 12.2. The minimum absolute atomic E-state index is 0.254. The van der Waals surface area contributed by atoms with Crippen molar-refractivity contribution >= 4 is 17.4 Å². The fourth-order valence-electron chi connectivity index (χ4n) is 2.31. The van der Waals surface area contributed by atoms with E-state index in [9.17, 15) is 4.79 Å². The Labute approximate surface area is 129 Å². The predicted octanol–water partition coefficient (Wildman–Crippen LogP) is 1.87. The van der Waals surface area contributed by atoms with Crippen molar-refractivity contribution < 1.29 is 9.53 Å². The molecule has 1 amide bonds. The molecule has 0 radical (unpaired) electrons. The zero-order chi connectivity index (χ0) is 15.4. The van der Waals surface area contributed by atoms with Gasteiger partial charge in [-0.1, -0.05) is 18.2 Å². The molecular weight excluding hydrogens is 280 g/mol. The van der Waals surface area contributed by atoms with Gasteiger partial charge in [-0.05, 0) is 30.7 Å². The second kappa shape index (κ2) is 6.53. The first-order chi connectivity index (χ1) is 10.7. The molecule has 1 aliphatic heterocycles. The number of hydrogen-bond acceptors (Lipinski definition) is 5. The number of morpholine rings is 1. The van der Waals surface area contributed by atoms with Crippen LogP contribution in [0.5, 0.6) is 0 Å². The summed E-state index contributed by atoms with van der Waals surface area (Å²) in [6, 6.07) is 11.2. The van der Waals surface area contributed by atoms with Gasteiger partial charge >= 0.3 is 0 Å². The number of ether oxygens (including phenoxy) is 1. The molecule has 2 aromatic rings. The monoisotopic (exact) mass is 298 g/mol. The van der Waals surface area contributed by atoms with Gasteiger partial charge in [0.2, 0.25) is 0 Å². The van der Waals surface area contributed by atoms with Crippen molar-refractivity contribution in [3.63, 3.8) is 0 Å². The van der Waals surface area contributed by atoms with E-state index in [0.29, 0.717) is 18.9 Å². The van der Waals surface area contributed by atoms with Crippen LogP contribution in [0.25, 0.3) is 0 Å². The number of amides is 1. The summed E-state index contributed by atoms with van der Waals surface area (Å²) in [6.07, 6.45) is 0. The molecule has 1 N–H and O–H groups in total. The number of benzene rings is 1. The van der Waals surface area contributed by atoms with Gasteiger partial charge in [0.15, 0.2) is 11.5 Å². The number of nitrogens with zero attached hydrogens (tertiary/aromatic N) is 3. The van der Waals surface area contributed by atoms with Crippen LogP contribution in [0, 0.1) is 6.92 Å². The van der Waals surface area contributed by atoms with Gasteiger partial charge in [-0.3, -0.25) is 4.79 Å². The van der Waals surface area contributed by atoms with Gasteiger partial charge in [-0.15, -0.1) is 10.2 Å². The average Bonchev–Trinajstić information content (AvgIpc) is 2.58. The van der Waals surface area contributed by atoms with Crippen LogP contribution in [0.15, 0.2) is 36.4 Å². The van der Waals surface area contributed by atoms with E-state index >= 15 is 0 Å². The molecule has 22 heavy (non-hydrogen) atoms. The number of anilines is 2. The first-order valence-electron chi connectivity index (χ1n) is 7.27. The topological polar surface area (TPSA) is 67.4 Å². The number of aromatic nitrogens is 2. The summed E-state index contributed by atoms with van der Waals surface area (Å²) >= 11 is 0. The summed E-state index contributed by atoms with van der Waals surface area (Å²) in [5.74, 6) is 0.520. The summed E-state index contributed by atoms with van der Waals surface area (Å²) < 4.78 is 5.31. The van der Waals surface area contributed by atoms with Crippen molar-refractivity contribution in [2.24, 2.45) is 0 Å². The Morgan fingerprint density at radius 3 is 2.59 bits per heavy atom. The summed E-state index contributed by atoms with van der Waals surface area (Å²) in [5.41, 5.74) is 2.10. The second-order valence-electron chi connectivity index (χ2n) is 5.15. The summed E-state index contributed by atoms with van der Waals surface area (Å²) in [6.45, 7) is 4.92. The lowest BCUT2D eigenvalue weighted by atomic mass is 10.2. The van der Waals surface area contributed by atoms with Crippen LogP contribution in [0.2, 0.25) is 0 Å². The van der Waals surface area contributed by atoms with Crippen LogP contribution in [0.4, 0.5) is 11.5 Å². The molecular formula is C16H18N4O2. The quantitative estimate of drug-likeness (QED) is 0.937. The van der Waals surface area contributed by atoms with Crippen molar-refractivity contribution in [3.8, 4) is 0 Å². The van der Waals surface area contributed by atoms with Crippen molar-refractivity contribution in [1.82, 2.24) is 10.2 Å². The van der Waals surface area contributed by atoms with Crippen molar-refractivity contribution in [1.29, 1.82) is 0 Å². The zero-order valence-corrected chi connectivity index (χ0v) is 12.5. The van der Waals surface area contributed by atoms with E-state index in [4.69, 9.17) is 4.74 Å². The zero-order valence-electron chi connectivity index (χ0n) is 12.5. The SMILES string of the molecule is Cc1ccccc1NC(=O)c1ccc(N2CCOCC2)nn1. The van der Waals surface area contributed by atoms with Crippen molar-refractivity contribution in [3.05, 3.63) is 47.7 Å². The molecule has 0 atom stereocenters. The largest absolute Gasteiger partial charge is 0.378 e. The van der Waals surface area contributed by atoms with Crippen LogP contribution in [0.1, 0.15) is 16.1 Å². The molecule has 1 aliphatic rings. The van der Waals surface area contributed by atoms with Gasteiger partial charge in [0.1, 0.15) is 0 Å². The Balaban J connectivity index is 1.69. The molecule has 0 aliphatic carbocycles. The van der Waals surface area contributed by atoms with Gasteiger partial charge < -0.3 is 15.0 Å². The van der Waals surface area contributed by atoms with E-state index in [0.717, 1.165) is 30.2 Å². The fraction of sp³-hybridized carbons (Fsp3) is 0.312. The molecule has 0 spiro atoms. The van der Waals surface area contributed by atoms with Gasteiger partial charge in [-0.2, -0.15) is 0 Å². The van der Waals surface area contributed by atoms with E-state index in [-0.39, 0.29) is 5.91 Å². The number of rotatable bonds is 3. The van der Waals surface area contributed by atoms with Crippen molar-refractivity contribution in [2.45, 2.75) is 6.92 Å². The van der Waals surface area contributed by atoms with Crippen LogP contribution in [-0.4, -0.2) is 42.4 Å². The Kier molecular flexibility index (Phi) is 4.29. The fourth-order valence-corrected chi connectivity index (χ4v) is 2.31. The van der Waals surface area contributed by atoms with Crippen LogP contribution in [0.3, 0.4) is 0 Å². The number of para-hydroxylation sites is 1. The first kappa shape index (κ1) is 14.5. The number of nitrogens with one attached hydrogen (secondary N) is 1. The average molecular weight is 298 g/mol. The van der Waals surface area contributed by atoms with E-state index < -0.39 is 0 Å².